The molecule has 0 spiro atoms. The third-order valence-electron chi connectivity index (χ3n) is 12.4. The van der Waals surface area contributed by atoms with Gasteiger partial charge in [-0.05, 0) is 77.0 Å². The minimum atomic E-state index is -0.775. The SMILES string of the molecule is CCCCCC/C=C\C/C=C\CCCCCCCC(=O)OC(COC(=O)CCCCCCCCC)COC(=O)CCCCCCCCCCCCC/C=C\CCCCCCCCCC. The first kappa shape index (κ1) is 61.6. The highest BCUT2D eigenvalue weighted by atomic mass is 16.6. The van der Waals surface area contributed by atoms with Crippen LogP contribution in [0.2, 0.25) is 0 Å². The molecule has 64 heavy (non-hydrogen) atoms. The van der Waals surface area contributed by atoms with Crippen LogP contribution in [0, 0.1) is 0 Å². The first-order chi connectivity index (χ1) is 31.5. The van der Waals surface area contributed by atoms with E-state index in [4.69, 9.17) is 14.2 Å². The minimum absolute atomic E-state index is 0.0758. The number of rotatable bonds is 51. The molecule has 0 fully saturated rings. The van der Waals surface area contributed by atoms with Crippen molar-refractivity contribution < 1.29 is 28.6 Å². The Morgan fingerprint density at radius 2 is 0.562 bits per heavy atom. The number of hydrogen-bond donors (Lipinski definition) is 0. The van der Waals surface area contributed by atoms with Crippen molar-refractivity contribution in [1.82, 2.24) is 0 Å². The van der Waals surface area contributed by atoms with Gasteiger partial charge >= 0.3 is 17.9 Å². The molecule has 0 saturated heterocycles. The number of carbonyl (C=O) groups excluding carboxylic acids is 3. The average Bonchev–Trinajstić information content (AvgIpc) is 3.29. The highest BCUT2D eigenvalue weighted by Gasteiger charge is 2.19. The average molecular weight is 899 g/mol. The Balaban J connectivity index is 4.17. The van der Waals surface area contributed by atoms with Gasteiger partial charge in [-0.25, -0.2) is 0 Å². The third-order valence-corrected chi connectivity index (χ3v) is 12.4. The van der Waals surface area contributed by atoms with E-state index < -0.39 is 6.10 Å². The van der Waals surface area contributed by atoms with E-state index in [1.54, 1.807) is 0 Å². The van der Waals surface area contributed by atoms with Crippen molar-refractivity contribution in [3.8, 4) is 0 Å². The van der Waals surface area contributed by atoms with Crippen molar-refractivity contribution >= 4 is 17.9 Å². The lowest BCUT2D eigenvalue weighted by Gasteiger charge is -2.18. The lowest BCUT2D eigenvalue weighted by atomic mass is 10.0. The standard InChI is InChI=1S/C58H106O6/c1-4-7-10-13-16-18-20-22-24-26-27-28-29-30-31-32-34-35-37-39-42-45-48-51-57(60)63-54-55(53-62-56(59)50-47-44-41-15-12-9-6-3)64-58(61)52-49-46-43-40-38-36-33-25-23-21-19-17-14-11-8-5-2/h19,21,25-27,33,55H,4-18,20,22-24,28-32,34-54H2,1-3H3/b21-19-,27-26-,33-25-. The Bertz CT molecular complexity index is 1080. The molecule has 0 aromatic carbocycles. The summed E-state index contributed by atoms with van der Waals surface area (Å²) in [7, 11) is 0. The normalized spacial score (nSPS) is 12.2. The first-order valence-corrected chi connectivity index (χ1v) is 28.0. The molecule has 0 radical (unpaired) electrons. The lowest BCUT2D eigenvalue weighted by Crippen LogP contribution is -2.30. The van der Waals surface area contributed by atoms with E-state index in [1.165, 1.54) is 173 Å². The van der Waals surface area contributed by atoms with Crippen molar-refractivity contribution in [2.75, 3.05) is 13.2 Å². The Morgan fingerprint density at radius 3 is 0.891 bits per heavy atom. The molecule has 0 aliphatic carbocycles. The number of hydrogen-bond acceptors (Lipinski definition) is 6. The summed E-state index contributed by atoms with van der Waals surface area (Å²) in [6.45, 7) is 6.59. The van der Waals surface area contributed by atoms with E-state index in [0.29, 0.717) is 19.3 Å². The van der Waals surface area contributed by atoms with Crippen molar-refractivity contribution in [3.63, 3.8) is 0 Å². The van der Waals surface area contributed by atoms with Gasteiger partial charge in [-0.1, -0.05) is 237 Å². The summed E-state index contributed by atoms with van der Waals surface area (Å²) in [5.41, 5.74) is 0. The molecule has 0 rings (SSSR count). The summed E-state index contributed by atoms with van der Waals surface area (Å²) in [5, 5.41) is 0. The molecule has 6 heteroatoms. The Hall–Kier alpha value is -2.37. The number of ether oxygens (including phenoxy) is 3. The fraction of sp³-hybridized carbons (Fsp3) is 0.845. The van der Waals surface area contributed by atoms with E-state index in [1.807, 2.05) is 0 Å². The maximum Gasteiger partial charge on any atom is 0.306 e. The molecule has 0 heterocycles. The van der Waals surface area contributed by atoms with Gasteiger partial charge in [0.05, 0.1) is 0 Å². The summed E-state index contributed by atoms with van der Waals surface area (Å²) in [6, 6.07) is 0. The van der Waals surface area contributed by atoms with Gasteiger partial charge in [-0.2, -0.15) is 0 Å². The summed E-state index contributed by atoms with van der Waals surface area (Å²) in [4.78, 5) is 37.9. The molecule has 374 valence electrons. The molecule has 0 saturated carbocycles. The fourth-order valence-corrected chi connectivity index (χ4v) is 8.12. The first-order valence-electron chi connectivity index (χ1n) is 28.0. The number of unbranched alkanes of at least 4 members (excludes halogenated alkanes) is 34. The summed E-state index contributed by atoms with van der Waals surface area (Å²) >= 11 is 0. The molecule has 0 aromatic rings. The van der Waals surface area contributed by atoms with Gasteiger partial charge in [0.2, 0.25) is 0 Å². The van der Waals surface area contributed by atoms with Crippen LogP contribution in [0.25, 0.3) is 0 Å². The van der Waals surface area contributed by atoms with Crippen LogP contribution in [0.5, 0.6) is 0 Å². The van der Waals surface area contributed by atoms with E-state index in [9.17, 15) is 14.4 Å². The van der Waals surface area contributed by atoms with Crippen LogP contribution in [0.4, 0.5) is 0 Å². The second-order valence-electron chi connectivity index (χ2n) is 18.8. The Labute approximate surface area is 397 Å². The molecular formula is C58H106O6. The van der Waals surface area contributed by atoms with E-state index >= 15 is 0 Å². The maximum atomic E-state index is 12.8. The zero-order valence-electron chi connectivity index (χ0n) is 42.8. The van der Waals surface area contributed by atoms with Crippen LogP contribution in [0.3, 0.4) is 0 Å². The van der Waals surface area contributed by atoms with Crippen LogP contribution >= 0.6 is 0 Å². The molecule has 0 N–H and O–H groups in total. The zero-order valence-corrected chi connectivity index (χ0v) is 42.8. The van der Waals surface area contributed by atoms with Crippen LogP contribution in [-0.4, -0.2) is 37.2 Å². The molecule has 0 bridgehead atoms. The van der Waals surface area contributed by atoms with Gasteiger partial charge in [-0.3, -0.25) is 14.4 Å². The molecule has 6 nitrogen and oxygen atoms in total. The van der Waals surface area contributed by atoms with Gasteiger partial charge in [0.15, 0.2) is 6.10 Å². The molecule has 0 aliphatic heterocycles. The van der Waals surface area contributed by atoms with Crippen LogP contribution in [0.15, 0.2) is 36.5 Å². The fourth-order valence-electron chi connectivity index (χ4n) is 8.12. The molecule has 0 aromatic heterocycles. The largest absolute Gasteiger partial charge is 0.462 e. The van der Waals surface area contributed by atoms with Gasteiger partial charge in [-0.15, -0.1) is 0 Å². The summed E-state index contributed by atoms with van der Waals surface area (Å²) in [5.74, 6) is -0.885. The highest BCUT2D eigenvalue weighted by Crippen LogP contribution is 2.16. The predicted molar refractivity (Wildman–Crippen MR) is 275 cm³/mol. The molecule has 0 aliphatic rings. The van der Waals surface area contributed by atoms with Crippen LogP contribution in [-0.2, 0) is 28.6 Å². The number of allylic oxidation sites excluding steroid dienone is 6. The topological polar surface area (TPSA) is 78.9 Å². The second-order valence-corrected chi connectivity index (χ2v) is 18.8. The van der Waals surface area contributed by atoms with Gasteiger partial charge in [0, 0.05) is 19.3 Å². The summed E-state index contributed by atoms with van der Waals surface area (Å²) < 4.78 is 16.8. The maximum absolute atomic E-state index is 12.8. The van der Waals surface area contributed by atoms with Crippen molar-refractivity contribution in [3.05, 3.63) is 36.5 Å². The molecule has 0 amide bonds. The molecule has 1 unspecified atom stereocenters. The highest BCUT2D eigenvalue weighted by molar-refractivity contribution is 5.71. The van der Waals surface area contributed by atoms with Gasteiger partial charge < -0.3 is 14.2 Å². The minimum Gasteiger partial charge on any atom is -0.462 e. The molecular weight excluding hydrogens is 793 g/mol. The number of carbonyl (C=O) groups is 3. The monoisotopic (exact) mass is 899 g/mol. The third kappa shape index (κ3) is 50.6. The van der Waals surface area contributed by atoms with Gasteiger partial charge in [0.1, 0.15) is 13.2 Å². The Morgan fingerprint density at radius 1 is 0.312 bits per heavy atom. The number of esters is 3. The van der Waals surface area contributed by atoms with Gasteiger partial charge in [0.25, 0.3) is 0 Å². The van der Waals surface area contributed by atoms with E-state index in [-0.39, 0.29) is 31.1 Å². The zero-order chi connectivity index (χ0) is 46.5. The summed E-state index contributed by atoms with van der Waals surface area (Å²) in [6.07, 6.45) is 63.0. The van der Waals surface area contributed by atoms with Crippen molar-refractivity contribution in [1.29, 1.82) is 0 Å². The van der Waals surface area contributed by atoms with Crippen LogP contribution < -0.4 is 0 Å². The smallest absolute Gasteiger partial charge is 0.306 e. The van der Waals surface area contributed by atoms with Crippen LogP contribution in [0.1, 0.15) is 297 Å². The van der Waals surface area contributed by atoms with Crippen molar-refractivity contribution in [2.45, 2.75) is 303 Å². The van der Waals surface area contributed by atoms with E-state index in [2.05, 4.69) is 57.2 Å². The quantitative estimate of drug-likeness (QED) is 0.0262. The lowest BCUT2D eigenvalue weighted by molar-refractivity contribution is -0.167. The van der Waals surface area contributed by atoms with E-state index in [0.717, 1.165) is 83.5 Å². The Kier molecular flexibility index (Phi) is 51.3. The van der Waals surface area contributed by atoms with Crippen molar-refractivity contribution in [2.24, 2.45) is 0 Å². The predicted octanol–water partition coefficient (Wildman–Crippen LogP) is 18.5. The second kappa shape index (κ2) is 53.2. The molecule has 1 atom stereocenters.